The number of anilines is 1. The number of hydrogen-bond donors (Lipinski definition) is 2. The van der Waals surface area contributed by atoms with Crippen molar-refractivity contribution in [3.63, 3.8) is 0 Å². The normalized spacial score (nSPS) is 16.3. The highest BCUT2D eigenvalue weighted by Crippen LogP contribution is 2.24. The van der Waals surface area contributed by atoms with Crippen LogP contribution in [0.1, 0.15) is 19.8 Å². The summed E-state index contributed by atoms with van der Waals surface area (Å²) < 4.78 is 2.00. The molecule has 0 saturated carbocycles. The van der Waals surface area contributed by atoms with Crippen LogP contribution in [0, 0.1) is 5.92 Å². The monoisotopic (exact) mass is 306 g/mol. The molecule has 1 saturated heterocycles. The minimum atomic E-state index is 0.0626. The molecule has 1 aliphatic rings. The number of benzene rings is 1. The van der Waals surface area contributed by atoms with E-state index in [0.717, 1.165) is 43.5 Å². The van der Waals surface area contributed by atoms with Crippen LogP contribution in [0.25, 0.3) is 11.0 Å². The van der Waals surface area contributed by atoms with E-state index in [-0.39, 0.29) is 11.8 Å². The molecule has 0 unspecified atom stereocenters. The first kappa shape index (κ1) is 14.4. The van der Waals surface area contributed by atoms with E-state index < -0.39 is 0 Å². The highest BCUT2D eigenvalue weighted by atomic mass is 35.5. The Morgan fingerprint density at radius 3 is 2.95 bits per heavy atom. The number of imidazole rings is 1. The third-order valence-electron chi connectivity index (χ3n) is 3.97. The van der Waals surface area contributed by atoms with Crippen molar-refractivity contribution >= 4 is 34.5 Å². The van der Waals surface area contributed by atoms with Gasteiger partial charge in [-0.1, -0.05) is 11.6 Å². The van der Waals surface area contributed by atoms with E-state index >= 15 is 0 Å². The summed E-state index contributed by atoms with van der Waals surface area (Å²) in [7, 11) is 0. The van der Waals surface area contributed by atoms with Gasteiger partial charge in [0.1, 0.15) is 0 Å². The number of hydrogen-bond acceptors (Lipinski definition) is 3. The van der Waals surface area contributed by atoms with Gasteiger partial charge in [-0.2, -0.15) is 0 Å². The zero-order valence-corrected chi connectivity index (χ0v) is 12.8. The molecule has 1 fully saturated rings. The highest BCUT2D eigenvalue weighted by molar-refractivity contribution is 6.31. The Kier molecular flexibility index (Phi) is 4.12. The van der Waals surface area contributed by atoms with E-state index in [4.69, 9.17) is 11.6 Å². The molecule has 1 aromatic heterocycles. The second-order valence-corrected chi connectivity index (χ2v) is 5.76. The molecule has 1 aliphatic heterocycles. The van der Waals surface area contributed by atoms with Crippen molar-refractivity contribution in [1.29, 1.82) is 0 Å². The Morgan fingerprint density at radius 2 is 2.24 bits per heavy atom. The lowest BCUT2D eigenvalue weighted by Gasteiger charge is -2.21. The van der Waals surface area contributed by atoms with Crippen LogP contribution < -0.4 is 10.6 Å². The zero-order chi connectivity index (χ0) is 14.8. The fraction of sp³-hybridized carbons (Fsp3) is 0.467. The third kappa shape index (κ3) is 2.89. The SMILES string of the molecule is CCn1c(NC(=O)C2CCNCC2)nc2cc(Cl)ccc21. The zero-order valence-electron chi connectivity index (χ0n) is 12.0. The minimum Gasteiger partial charge on any atom is -0.317 e. The van der Waals surface area contributed by atoms with Crippen molar-refractivity contribution in [3.05, 3.63) is 23.2 Å². The van der Waals surface area contributed by atoms with Crippen molar-refractivity contribution in [1.82, 2.24) is 14.9 Å². The van der Waals surface area contributed by atoms with E-state index in [1.54, 1.807) is 0 Å². The number of carbonyl (C=O) groups excluding carboxylic acids is 1. The van der Waals surface area contributed by atoms with E-state index in [2.05, 4.69) is 15.6 Å². The molecule has 2 N–H and O–H groups in total. The maximum atomic E-state index is 12.4. The van der Waals surface area contributed by atoms with Crippen molar-refractivity contribution in [2.45, 2.75) is 26.3 Å². The van der Waals surface area contributed by atoms with Gasteiger partial charge in [-0.15, -0.1) is 0 Å². The molecule has 112 valence electrons. The number of aromatic nitrogens is 2. The van der Waals surface area contributed by atoms with E-state index in [1.165, 1.54) is 0 Å². The van der Waals surface area contributed by atoms with Crippen LogP contribution in [-0.2, 0) is 11.3 Å². The number of fused-ring (bicyclic) bond motifs is 1. The van der Waals surface area contributed by atoms with Gasteiger partial charge in [0.15, 0.2) is 0 Å². The van der Waals surface area contributed by atoms with Gasteiger partial charge in [-0.25, -0.2) is 4.98 Å². The summed E-state index contributed by atoms with van der Waals surface area (Å²) >= 11 is 6.01. The van der Waals surface area contributed by atoms with Crippen LogP contribution in [0.3, 0.4) is 0 Å². The quantitative estimate of drug-likeness (QED) is 0.916. The number of amides is 1. The van der Waals surface area contributed by atoms with Crippen LogP contribution in [0.2, 0.25) is 5.02 Å². The van der Waals surface area contributed by atoms with Crippen molar-refractivity contribution < 1.29 is 4.79 Å². The summed E-state index contributed by atoms with van der Waals surface area (Å²) in [5, 5.41) is 6.90. The average Bonchev–Trinajstić information content (AvgIpc) is 2.84. The second kappa shape index (κ2) is 6.03. The summed E-state index contributed by atoms with van der Waals surface area (Å²) in [6.45, 7) is 4.59. The van der Waals surface area contributed by atoms with Gasteiger partial charge in [0.2, 0.25) is 11.9 Å². The van der Waals surface area contributed by atoms with Gasteiger partial charge in [0.25, 0.3) is 0 Å². The van der Waals surface area contributed by atoms with Crippen LogP contribution in [0.4, 0.5) is 5.95 Å². The average molecular weight is 307 g/mol. The molecule has 3 rings (SSSR count). The molecule has 0 spiro atoms. The molecule has 2 aromatic rings. The fourth-order valence-electron chi connectivity index (χ4n) is 2.81. The number of nitrogens with one attached hydrogen (secondary N) is 2. The van der Waals surface area contributed by atoms with Gasteiger partial charge in [-0.05, 0) is 51.1 Å². The number of aryl methyl sites for hydroxylation is 1. The van der Waals surface area contributed by atoms with Crippen LogP contribution >= 0.6 is 11.6 Å². The molecule has 0 aliphatic carbocycles. The lowest BCUT2D eigenvalue weighted by Crippen LogP contribution is -2.35. The molecule has 1 aromatic carbocycles. The summed E-state index contributed by atoms with van der Waals surface area (Å²) in [4.78, 5) is 16.9. The lowest BCUT2D eigenvalue weighted by atomic mass is 9.97. The maximum absolute atomic E-state index is 12.4. The molecule has 0 radical (unpaired) electrons. The Hall–Kier alpha value is -1.59. The summed E-state index contributed by atoms with van der Waals surface area (Å²) in [5.41, 5.74) is 1.80. The Morgan fingerprint density at radius 1 is 1.48 bits per heavy atom. The Labute approximate surface area is 128 Å². The first-order valence-electron chi connectivity index (χ1n) is 7.36. The predicted molar refractivity (Wildman–Crippen MR) is 84.6 cm³/mol. The number of halogens is 1. The van der Waals surface area contributed by atoms with Crippen LogP contribution in [0.5, 0.6) is 0 Å². The van der Waals surface area contributed by atoms with Gasteiger partial charge in [0.05, 0.1) is 11.0 Å². The molecule has 1 amide bonds. The Balaban J connectivity index is 1.87. The topological polar surface area (TPSA) is 59.0 Å². The number of nitrogens with zero attached hydrogens (tertiary/aromatic N) is 2. The molecular weight excluding hydrogens is 288 g/mol. The largest absolute Gasteiger partial charge is 0.317 e. The van der Waals surface area contributed by atoms with Crippen molar-refractivity contribution in [2.75, 3.05) is 18.4 Å². The second-order valence-electron chi connectivity index (χ2n) is 5.33. The van der Waals surface area contributed by atoms with Crippen molar-refractivity contribution in [2.24, 2.45) is 5.92 Å². The fourth-order valence-corrected chi connectivity index (χ4v) is 2.98. The first-order chi connectivity index (χ1) is 10.2. The van der Waals surface area contributed by atoms with E-state index in [1.807, 2.05) is 29.7 Å². The van der Waals surface area contributed by atoms with Gasteiger partial charge in [0, 0.05) is 17.5 Å². The van der Waals surface area contributed by atoms with E-state index in [0.29, 0.717) is 11.0 Å². The van der Waals surface area contributed by atoms with Crippen LogP contribution in [-0.4, -0.2) is 28.5 Å². The number of carbonyl (C=O) groups is 1. The molecule has 6 heteroatoms. The first-order valence-corrected chi connectivity index (χ1v) is 7.74. The summed E-state index contributed by atoms with van der Waals surface area (Å²) in [6.07, 6.45) is 1.76. The number of rotatable bonds is 3. The smallest absolute Gasteiger partial charge is 0.229 e. The standard InChI is InChI=1S/C15H19ClN4O/c1-2-20-13-4-3-11(16)9-12(13)18-15(20)19-14(21)10-5-7-17-8-6-10/h3-4,9-10,17H,2,5-8H2,1H3,(H,18,19,21). The molecule has 2 heterocycles. The molecule has 21 heavy (non-hydrogen) atoms. The van der Waals surface area contributed by atoms with Gasteiger partial charge < -0.3 is 9.88 Å². The third-order valence-corrected chi connectivity index (χ3v) is 4.21. The molecule has 0 atom stereocenters. The molecule has 5 nitrogen and oxygen atoms in total. The number of piperidine rings is 1. The minimum absolute atomic E-state index is 0.0626. The highest BCUT2D eigenvalue weighted by Gasteiger charge is 2.22. The molecular formula is C15H19ClN4O. The van der Waals surface area contributed by atoms with Crippen LogP contribution in [0.15, 0.2) is 18.2 Å². The predicted octanol–water partition coefficient (Wildman–Crippen LogP) is 2.65. The summed E-state index contributed by atoms with van der Waals surface area (Å²) in [6, 6.07) is 5.60. The molecule has 0 bridgehead atoms. The van der Waals surface area contributed by atoms with Gasteiger partial charge in [-0.3, -0.25) is 10.1 Å². The maximum Gasteiger partial charge on any atom is 0.229 e. The van der Waals surface area contributed by atoms with Gasteiger partial charge >= 0.3 is 0 Å². The van der Waals surface area contributed by atoms with E-state index in [9.17, 15) is 4.79 Å². The Bertz CT molecular complexity index is 661. The lowest BCUT2D eigenvalue weighted by molar-refractivity contribution is -0.120. The van der Waals surface area contributed by atoms with Crippen molar-refractivity contribution in [3.8, 4) is 0 Å². The summed E-state index contributed by atoms with van der Waals surface area (Å²) in [5.74, 6) is 0.742.